The monoisotopic (exact) mass is 346 g/mol. The second-order valence-electron chi connectivity index (χ2n) is 5.18. The van der Waals surface area contributed by atoms with Crippen LogP contribution in [0.25, 0.3) is 0 Å². The van der Waals surface area contributed by atoms with E-state index < -0.39 is 0 Å². The molecule has 3 nitrogen and oxygen atoms in total. The highest BCUT2D eigenvalue weighted by Crippen LogP contribution is 2.18. The third-order valence-electron chi connectivity index (χ3n) is 3.24. The molecule has 0 fully saturated rings. The molecule has 0 saturated carbocycles. The Morgan fingerprint density at radius 1 is 1.19 bits per heavy atom. The molecular formula is C17H19BrN2O. The third kappa shape index (κ3) is 4.90. The fourth-order valence-corrected chi connectivity index (χ4v) is 2.56. The van der Waals surface area contributed by atoms with Crippen molar-refractivity contribution < 1.29 is 4.79 Å². The highest BCUT2D eigenvalue weighted by molar-refractivity contribution is 9.10. The number of nitrogens with one attached hydrogen (secondary N) is 1. The molecule has 110 valence electrons. The second-order valence-corrected chi connectivity index (χ2v) is 6.09. The molecule has 1 atom stereocenters. The Morgan fingerprint density at radius 3 is 2.52 bits per heavy atom. The van der Waals surface area contributed by atoms with E-state index in [0.29, 0.717) is 0 Å². The van der Waals surface area contributed by atoms with Gasteiger partial charge in [0.1, 0.15) is 0 Å². The van der Waals surface area contributed by atoms with E-state index in [0.717, 1.165) is 22.1 Å². The predicted octanol–water partition coefficient (Wildman–Crippen LogP) is 3.52. The van der Waals surface area contributed by atoms with E-state index >= 15 is 0 Å². The Kier molecular flexibility index (Phi) is 5.39. The lowest BCUT2D eigenvalue weighted by Gasteiger charge is -2.18. The Labute approximate surface area is 133 Å². The summed E-state index contributed by atoms with van der Waals surface area (Å²) in [6, 6.07) is 16.4. The lowest BCUT2D eigenvalue weighted by molar-refractivity contribution is -0.117. The van der Waals surface area contributed by atoms with Crippen molar-refractivity contribution in [3.8, 4) is 0 Å². The van der Waals surface area contributed by atoms with Crippen LogP contribution < -0.4 is 11.1 Å². The van der Waals surface area contributed by atoms with Gasteiger partial charge in [0, 0.05) is 16.2 Å². The summed E-state index contributed by atoms with van der Waals surface area (Å²) >= 11 is 3.44. The molecule has 1 unspecified atom stereocenters. The zero-order valence-electron chi connectivity index (χ0n) is 12.0. The van der Waals surface area contributed by atoms with Gasteiger partial charge < -0.3 is 11.1 Å². The van der Waals surface area contributed by atoms with Gasteiger partial charge in [0.05, 0.1) is 6.42 Å². The number of benzene rings is 2. The summed E-state index contributed by atoms with van der Waals surface area (Å²) in [5.41, 5.74) is 8.47. The minimum absolute atomic E-state index is 0.258. The van der Waals surface area contributed by atoms with Gasteiger partial charge >= 0.3 is 0 Å². The maximum absolute atomic E-state index is 11.1. The van der Waals surface area contributed by atoms with Crippen LogP contribution in [0.4, 0.5) is 5.69 Å². The van der Waals surface area contributed by atoms with Crippen molar-refractivity contribution in [1.29, 1.82) is 0 Å². The van der Waals surface area contributed by atoms with E-state index in [2.05, 4.69) is 40.3 Å². The number of primary amides is 1. The molecule has 0 radical (unpaired) electrons. The van der Waals surface area contributed by atoms with Gasteiger partial charge in [-0.2, -0.15) is 0 Å². The zero-order chi connectivity index (χ0) is 15.2. The van der Waals surface area contributed by atoms with Crippen LogP contribution in [0.2, 0.25) is 0 Å². The summed E-state index contributed by atoms with van der Waals surface area (Å²) < 4.78 is 1.08. The molecule has 21 heavy (non-hydrogen) atoms. The number of nitrogens with two attached hydrogens (primary N) is 1. The van der Waals surface area contributed by atoms with E-state index in [9.17, 15) is 4.79 Å². The lowest BCUT2D eigenvalue weighted by atomic mass is 10.0. The number of amides is 1. The topological polar surface area (TPSA) is 55.1 Å². The molecule has 0 aliphatic heterocycles. The molecule has 3 N–H and O–H groups in total. The van der Waals surface area contributed by atoms with E-state index in [1.165, 1.54) is 5.56 Å². The number of carbonyl (C=O) groups excluding carboxylic acids is 1. The first-order valence-corrected chi connectivity index (χ1v) is 7.71. The SMILES string of the molecule is CC(Cc1ccc(Br)cc1)Nc1ccccc1CC(N)=O. The van der Waals surface area contributed by atoms with Crippen LogP contribution in [0.1, 0.15) is 18.1 Å². The molecule has 2 aromatic carbocycles. The van der Waals surface area contributed by atoms with Gasteiger partial charge in [-0.05, 0) is 42.7 Å². The third-order valence-corrected chi connectivity index (χ3v) is 3.77. The van der Waals surface area contributed by atoms with E-state index in [1.807, 2.05) is 36.4 Å². The summed E-state index contributed by atoms with van der Waals surface area (Å²) in [6.45, 7) is 2.13. The highest BCUT2D eigenvalue weighted by atomic mass is 79.9. The van der Waals surface area contributed by atoms with E-state index in [1.54, 1.807) is 0 Å². The number of hydrogen-bond donors (Lipinski definition) is 2. The maximum Gasteiger partial charge on any atom is 0.221 e. The van der Waals surface area contributed by atoms with Crippen molar-refractivity contribution in [2.24, 2.45) is 5.73 Å². The van der Waals surface area contributed by atoms with Crippen molar-refractivity contribution in [3.63, 3.8) is 0 Å². The van der Waals surface area contributed by atoms with Crippen LogP contribution in [0, 0.1) is 0 Å². The van der Waals surface area contributed by atoms with E-state index in [-0.39, 0.29) is 18.4 Å². The number of rotatable bonds is 6. The molecule has 0 aliphatic carbocycles. The molecule has 0 aliphatic rings. The zero-order valence-corrected chi connectivity index (χ0v) is 13.6. The molecule has 0 bridgehead atoms. The summed E-state index contributed by atoms with van der Waals surface area (Å²) in [5.74, 6) is -0.315. The Morgan fingerprint density at radius 2 is 1.86 bits per heavy atom. The summed E-state index contributed by atoms with van der Waals surface area (Å²) in [7, 11) is 0. The van der Waals surface area contributed by atoms with Crippen molar-refractivity contribution in [2.75, 3.05) is 5.32 Å². The Bertz CT molecular complexity index is 610. The Balaban J connectivity index is 2.03. The second kappa shape index (κ2) is 7.27. The minimum Gasteiger partial charge on any atom is -0.382 e. The largest absolute Gasteiger partial charge is 0.382 e. The van der Waals surface area contributed by atoms with Crippen molar-refractivity contribution in [1.82, 2.24) is 0 Å². The highest BCUT2D eigenvalue weighted by Gasteiger charge is 2.08. The average molecular weight is 347 g/mol. The van der Waals surface area contributed by atoms with Crippen molar-refractivity contribution in [3.05, 3.63) is 64.1 Å². The molecule has 0 saturated heterocycles. The van der Waals surface area contributed by atoms with Gasteiger partial charge in [-0.3, -0.25) is 4.79 Å². The normalized spacial score (nSPS) is 11.9. The smallest absolute Gasteiger partial charge is 0.221 e. The quantitative estimate of drug-likeness (QED) is 0.840. The summed E-state index contributed by atoms with van der Waals surface area (Å²) in [4.78, 5) is 11.1. The molecular weight excluding hydrogens is 328 g/mol. The van der Waals surface area contributed by atoms with E-state index in [4.69, 9.17) is 5.73 Å². The average Bonchev–Trinajstić information content (AvgIpc) is 2.43. The first-order valence-electron chi connectivity index (χ1n) is 6.92. The fourth-order valence-electron chi connectivity index (χ4n) is 2.29. The van der Waals surface area contributed by atoms with Crippen LogP contribution >= 0.6 is 15.9 Å². The van der Waals surface area contributed by atoms with Crippen molar-refractivity contribution >= 4 is 27.5 Å². The molecule has 2 aromatic rings. The first kappa shape index (κ1) is 15.6. The van der Waals surface area contributed by atoms with Crippen LogP contribution in [0.5, 0.6) is 0 Å². The predicted molar refractivity (Wildman–Crippen MR) is 90.3 cm³/mol. The van der Waals surface area contributed by atoms with Crippen molar-refractivity contribution in [2.45, 2.75) is 25.8 Å². The van der Waals surface area contributed by atoms with Crippen LogP contribution in [0.15, 0.2) is 53.0 Å². The van der Waals surface area contributed by atoms with Crippen LogP contribution in [-0.4, -0.2) is 11.9 Å². The summed E-state index contributed by atoms with van der Waals surface area (Å²) in [5, 5.41) is 3.46. The van der Waals surface area contributed by atoms with Crippen LogP contribution in [-0.2, 0) is 17.6 Å². The fraction of sp³-hybridized carbons (Fsp3) is 0.235. The van der Waals surface area contributed by atoms with Crippen LogP contribution in [0.3, 0.4) is 0 Å². The molecule has 1 amide bonds. The number of anilines is 1. The number of para-hydroxylation sites is 1. The maximum atomic E-state index is 11.1. The van der Waals surface area contributed by atoms with Gasteiger partial charge in [0.2, 0.25) is 5.91 Å². The molecule has 0 aromatic heterocycles. The summed E-state index contributed by atoms with van der Waals surface area (Å²) in [6.07, 6.45) is 1.17. The first-order chi connectivity index (χ1) is 10.0. The number of carbonyl (C=O) groups is 1. The molecule has 0 spiro atoms. The Hall–Kier alpha value is -1.81. The van der Waals surface area contributed by atoms with Gasteiger partial charge in [-0.15, -0.1) is 0 Å². The molecule has 2 rings (SSSR count). The number of hydrogen-bond acceptors (Lipinski definition) is 2. The van der Waals surface area contributed by atoms with Gasteiger partial charge in [0.15, 0.2) is 0 Å². The standard InChI is InChI=1S/C17H19BrN2O/c1-12(10-13-6-8-15(18)9-7-13)20-16-5-3-2-4-14(16)11-17(19)21/h2-9,12,20H,10-11H2,1H3,(H2,19,21). The van der Waals surface area contributed by atoms with Gasteiger partial charge in [0.25, 0.3) is 0 Å². The molecule has 4 heteroatoms. The molecule has 0 heterocycles. The van der Waals surface area contributed by atoms with Gasteiger partial charge in [-0.25, -0.2) is 0 Å². The lowest BCUT2D eigenvalue weighted by Crippen LogP contribution is -2.20. The number of halogens is 1. The minimum atomic E-state index is -0.315. The van der Waals surface area contributed by atoms with Gasteiger partial charge in [-0.1, -0.05) is 46.3 Å².